The number of primary amides is 1. The lowest BCUT2D eigenvalue weighted by Crippen LogP contribution is -2.11. The van der Waals surface area contributed by atoms with Crippen molar-refractivity contribution in [2.24, 2.45) is 5.73 Å². The largest absolute Gasteiger partial charge is 0.366 e. The molecule has 5 aromatic rings. The fourth-order valence-corrected chi connectivity index (χ4v) is 4.92. The van der Waals surface area contributed by atoms with Crippen molar-refractivity contribution < 1.29 is 9.59 Å². The number of rotatable bonds is 5. The van der Waals surface area contributed by atoms with Crippen LogP contribution in [0, 0.1) is 0 Å². The first-order valence-electron chi connectivity index (χ1n) is 10.3. The molecule has 32 heavy (non-hydrogen) atoms. The van der Waals surface area contributed by atoms with E-state index >= 15 is 0 Å². The van der Waals surface area contributed by atoms with Crippen LogP contribution < -0.4 is 11.1 Å². The summed E-state index contributed by atoms with van der Waals surface area (Å²) in [5.74, 6) is -0.531. The quantitative estimate of drug-likeness (QED) is 0.372. The lowest BCUT2D eigenvalue weighted by molar-refractivity contribution is -0.114. The van der Waals surface area contributed by atoms with Gasteiger partial charge in [-0.2, -0.15) is 0 Å². The van der Waals surface area contributed by atoms with E-state index in [9.17, 15) is 9.59 Å². The molecule has 0 aliphatic heterocycles. The number of carbonyl (C=O) groups is 2. The molecule has 3 N–H and O–H groups in total. The SMILES string of the molecule is CC(=O)Nc1ccc(Cn2c3cc(-c4cccs4)ccc3c3c(C(N)=O)cccc32)cc1. The number of anilines is 1. The lowest BCUT2D eigenvalue weighted by Gasteiger charge is -2.10. The molecule has 0 saturated carbocycles. The summed E-state index contributed by atoms with van der Waals surface area (Å²) in [5, 5.41) is 6.75. The van der Waals surface area contributed by atoms with Crippen LogP contribution in [0.2, 0.25) is 0 Å². The minimum Gasteiger partial charge on any atom is -0.366 e. The molecule has 0 aliphatic carbocycles. The number of nitrogens with one attached hydrogen (secondary N) is 1. The van der Waals surface area contributed by atoms with E-state index in [4.69, 9.17) is 5.73 Å². The van der Waals surface area contributed by atoms with Crippen molar-refractivity contribution in [2.45, 2.75) is 13.5 Å². The standard InChI is InChI=1S/C26H21N3O2S/c1-16(30)28-19-10-7-17(8-11-19)15-29-22-5-2-4-21(26(27)31)25(22)20-12-9-18(14-23(20)29)24-6-3-13-32-24/h2-14H,15H2,1H3,(H2,27,31)(H,28,30). The van der Waals surface area contributed by atoms with Crippen molar-refractivity contribution in [3.8, 4) is 10.4 Å². The Bertz CT molecular complexity index is 1470. The molecule has 6 heteroatoms. The summed E-state index contributed by atoms with van der Waals surface area (Å²) in [7, 11) is 0. The zero-order valence-corrected chi connectivity index (χ0v) is 18.3. The molecule has 0 bridgehead atoms. The van der Waals surface area contributed by atoms with Gasteiger partial charge in [0.05, 0.1) is 11.0 Å². The van der Waals surface area contributed by atoms with Crippen LogP contribution in [-0.2, 0) is 11.3 Å². The molecule has 5 rings (SSSR count). The number of aromatic nitrogens is 1. The van der Waals surface area contributed by atoms with Gasteiger partial charge < -0.3 is 15.6 Å². The molecule has 2 amide bonds. The van der Waals surface area contributed by atoms with Crippen LogP contribution >= 0.6 is 11.3 Å². The molecular formula is C26H21N3O2S. The molecule has 0 fully saturated rings. The molecule has 158 valence electrons. The van der Waals surface area contributed by atoms with Crippen molar-refractivity contribution in [2.75, 3.05) is 5.32 Å². The fourth-order valence-electron chi connectivity index (χ4n) is 4.20. The van der Waals surface area contributed by atoms with E-state index in [-0.39, 0.29) is 5.91 Å². The lowest BCUT2D eigenvalue weighted by atomic mass is 10.0. The molecule has 3 aromatic carbocycles. The number of amides is 2. The highest BCUT2D eigenvalue weighted by Crippen LogP contribution is 2.36. The number of hydrogen-bond acceptors (Lipinski definition) is 3. The van der Waals surface area contributed by atoms with Crippen LogP contribution in [0.5, 0.6) is 0 Å². The Balaban J connectivity index is 1.70. The molecule has 0 radical (unpaired) electrons. The van der Waals surface area contributed by atoms with Crippen molar-refractivity contribution >= 4 is 50.6 Å². The summed E-state index contributed by atoms with van der Waals surface area (Å²) in [6, 6.07) is 24.0. The van der Waals surface area contributed by atoms with Crippen molar-refractivity contribution in [3.05, 3.63) is 89.3 Å². The summed E-state index contributed by atoms with van der Waals surface area (Å²) in [6.45, 7) is 2.12. The highest BCUT2D eigenvalue weighted by molar-refractivity contribution is 7.13. The molecule has 5 nitrogen and oxygen atoms in total. The third-order valence-corrected chi connectivity index (χ3v) is 6.50. The third-order valence-electron chi connectivity index (χ3n) is 5.58. The van der Waals surface area contributed by atoms with Crippen molar-refractivity contribution in [3.63, 3.8) is 0 Å². The number of fused-ring (bicyclic) bond motifs is 3. The molecule has 2 aromatic heterocycles. The Morgan fingerprint density at radius 3 is 2.47 bits per heavy atom. The second kappa shape index (κ2) is 7.98. The smallest absolute Gasteiger partial charge is 0.249 e. The van der Waals surface area contributed by atoms with Crippen LogP contribution in [0.3, 0.4) is 0 Å². The van der Waals surface area contributed by atoms with E-state index in [2.05, 4.69) is 39.5 Å². The van der Waals surface area contributed by atoms with Gasteiger partial charge >= 0.3 is 0 Å². The summed E-state index contributed by atoms with van der Waals surface area (Å²) >= 11 is 1.70. The predicted octanol–water partition coefficient (Wildman–Crippen LogP) is 5.63. The minimum atomic E-state index is -0.434. The Labute approximate surface area is 189 Å². The van der Waals surface area contributed by atoms with Gasteiger partial charge in [-0.1, -0.05) is 36.4 Å². The van der Waals surface area contributed by atoms with E-state index in [1.165, 1.54) is 11.8 Å². The third kappa shape index (κ3) is 3.55. The molecule has 2 heterocycles. The van der Waals surface area contributed by atoms with E-state index < -0.39 is 5.91 Å². The van der Waals surface area contributed by atoms with Crippen LogP contribution in [0.4, 0.5) is 5.69 Å². The zero-order chi connectivity index (χ0) is 22.2. The monoisotopic (exact) mass is 439 g/mol. The first-order valence-corrected chi connectivity index (χ1v) is 11.1. The van der Waals surface area contributed by atoms with Crippen LogP contribution in [0.15, 0.2) is 78.2 Å². The van der Waals surface area contributed by atoms with E-state index in [1.807, 2.05) is 42.5 Å². The normalized spacial score (nSPS) is 11.2. The number of benzene rings is 3. The highest BCUT2D eigenvalue weighted by atomic mass is 32.1. The molecule has 0 unspecified atom stereocenters. The second-order valence-electron chi connectivity index (χ2n) is 7.74. The molecule has 0 saturated heterocycles. The van der Waals surface area contributed by atoms with Gasteiger partial charge in [-0.25, -0.2) is 0 Å². The molecule has 0 spiro atoms. The Morgan fingerprint density at radius 2 is 1.78 bits per heavy atom. The van der Waals surface area contributed by atoms with Gasteiger partial charge in [0.2, 0.25) is 11.8 Å². The van der Waals surface area contributed by atoms with Gasteiger partial charge in [0.15, 0.2) is 0 Å². The van der Waals surface area contributed by atoms with Gasteiger partial charge in [0, 0.05) is 40.4 Å². The van der Waals surface area contributed by atoms with Crippen LogP contribution in [0.1, 0.15) is 22.8 Å². The predicted molar refractivity (Wildman–Crippen MR) is 131 cm³/mol. The van der Waals surface area contributed by atoms with Gasteiger partial charge in [-0.15, -0.1) is 11.3 Å². The fraction of sp³-hybridized carbons (Fsp3) is 0.0769. The van der Waals surface area contributed by atoms with Gasteiger partial charge in [0.1, 0.15) is 0 Å². The van der Waals surface area contributed by atoms with Gasteiger partial charge in [0.25, 0.3) is 0 Å². The first kappa shape index (κ1) is 20.0. The van der Waals surface area contributed by atoms with Gasteiger partial charge in [-0.05, 0) is 52.9 Å². The first-order chi connectivity index (χ1) is 15.5. The average Bonchev–Trinajstić information content (AvgIpc) is 3.42. The number of hydrogen-bond donors (Lipinski definition) is 2. The number of thiophene rings is 1. The highest BCUT2D eigenvalue weighted by Gasteiger charge is 2.17. The van der Waals surface area contributed by atoms with Crippen molar-refractivity contribution in [1.29, 1.82) is 0 Å². The van der Waals surface area contributed by atoms with E-state index in [0.29, 0.717) is 12.1 Å². The maximum Gasteiger partial charge on any atom is 0.249 e. The number of nitrogens with zero attached hydrogens (tertiary/aromatic N) is 1. The second-order valence-corrected chi connectivity index (χ2v) is 8.69. The Hall–Kier alpha value is -3.90. The molecular weight excluding hydrogens is 418 g/mol. The van der Waals surface area contributed by atoms with Crippen LogP contribution in [0.25, 0.3) is 32.2 Å². The van der Waals surface area contributed by atoms with Crippen molar-refractivity contribution in [1.82, 2.24) is 4.57 Å². The molecule has 0 aliphatic rings. The van der Waals surface area contributed by atoms with Crippen LogP contribution in [-0.4, -0.2) is 16.4 Å². The Morgan fingerprint density at radius 1 is 0.969 bits per heavy atom. The van der Waals surface area contributed by atoms with E-state index in [0.717, 1.165) is 38.6 Å². The van der Waals surface area contributed by atoms with Gasteiger partial charge in [-0.3, -0.25) is 9.59 Å². The average molecular weight is 440 g/mol. The number of nitrogens with two attached hydrogens (primary N) is 1. The summed E-state index contributed by atoms with van der Waals surface area (Å²) < 4.78 is 2.22. The maximum atomic E-state index is 12.2. The zero-order valence-electron chi connectivity index (χ0n) is 17.5. The summed E-state index contributed by atoms with van der Waals surface area (Å²) in [6.07, 6.45) is 0. The summed E-state index contributed by atoms with van der Waals surface area (Å²) in [5.41, 5.74) is 11.2. The Kier molecular flexibility index (Phi) is 4.99. The summed E-state index contributed by atoms with van der Waals surface area (Å²) in [4.78, 5) is 24.7. The number of carbonyl (C=O) groups excluding carboxylic acids is 2. The topological polar surface area (TPSA) is 77.1 Å². The van der Waals surface area contributed by atoms with E-state index in [1.54, 1.807) is 17.4 Å². The molecule has 0 atom stereocenters. The minimum absolute atomic E-state index is 0.0970. The maximum absolute atomic E-state index is 12.2.